The summed E-state index contributed by atoms with van der Waals surface area (Å²) in [5.41, 5.74) is 3.79. The summed E-state index contributed by atoms with van der Waals surface area (Å²) >= 11 is 0. The standard InChI is InChI=1S/C23H23N3O4.2C20H22N2O6/c1-13-12-26-18-9-16(15-5-7-24-8-6-15)3-4-17(18)11-23(21(26)14(2)30-13)19(27)10-20(28)25-22(23)29;1-10-9-22-14-5-4-12(18(25)27-3)6-13(14)8-20(17(22)11(2)28-10)15(23)7-16(24)21-19(20)26;1-10-9-22-14-6-12(18(25)27-3)4-5-13(14)8-20(17(22)11(2)28-10)15(23)7-16(24)21-19(20)26/h3-9,13-14,21H,10-12H2,1-2H3,(H,25,28,29);2*4-6,10-11,17H,7-9H2,1-3H3,(H,21,24,26)/t13-,14+,21-,23-;2*10-,11+,17-,20-/m111/s1. The number of hydrogen-bond acceptors (Lipinski definition) is 20. The number of ether oxygens (including phenoxy) is 5. The highest BCUT2D eigenvalue weighted by molar-refractivity contribution is 6.24. The lowest BCUT2D eigenvalue weighted by atomic mass is 9.63. The number of Topliss-reactive ketones (excluding diaryl/α,β-unsaturated/α-hetero) is 3. The van der Waals surface area contributed by atoms with Gasteiger partial charge in [0, 0.05) is 49.1 Å². The Morgan fingerprint density at radius 2 is 0.837 bits per heavy atom. The van der Waals surface area contributed by atoms with Crippen molar-refractivity contribution in [3.05, 3.63) is 107 Å². The second-order valence-corrected chi connectivity index (χ2v) is 23.9. The zero-order valence-corrected chi connectivity index (χ0v) is 48.9. The van der Waals surface area contributed by atoms with Crippen molar-refractivity contribution in [2.45, 2.75) is 135 Å². The van der Waals surface area contributed by atoms with E-state index in [2.05, 4.69) is 31.9 Å². The summed E-state index contributed by atoms with van der Waals surface area (Å²) in [7, 11) is 2.62. The van der Waals surface area contributed by atoms with Gasteiger partial charge in [0.15, 0.2) is 17.3 Å². The molecule has 9 aliphatic heterocycles. The number of aromatic nitrogens is 1. The number of carbonyl (C=O) groups excluding carboxylic acids is 11. The van der Waals surface area contributed by atoms with Gasteiger partial charge in [0.2, 0.25) is 35.4 Å². The highest BCUT2D eigenvalue weighted by Gasteiger charge is 2.65. The molecule has 450 valence electrons. The van der Waals surface area contributed by atoms with Crippen LogP contribution in [0.4, 0.5) is 17.1 Å². The number of hydrogen-bond donors (Lipinski definition) is 3. The number of nitrogens with zero attached hydrogens (tertiary/aromatic N) is 4. The molecule has 9 aliphatic rings. The summed E-state index contributed by atoms with van der Waals surface area (Å²) < 4.78 is 27.6. The van der Waals surface area contributed by atoms with E-state index in [-0.39, 0.29) is 80.6 Å². The van der Waals surface area contributed by atoms with Crippen molar-refractivity contribution in [3.63, 3.8) is 0 Å². The van der Waals surface area contributed by atoms with Crippen molar-refractivity contribution < 1.29 is 76.4 Å². The van der Waals surface area contributed by atoms with Gasteiger partial charge in [-0.1, -0.05) is 18.2 Å². The molecule has 12 atom stereocenters. The monoisotopic (exact) mass is 1180 g/mol. The molecule has 0 saturated carbocycles. The zero-order chi connectivity index (χ0) is 61.5. The zero-order valence-electron chi connectivity index (χ0n) is 48.9. The third kappa shape index (κ3) is 9.72. The Bertz CT molecular complexity index is 3510. The van der Waals surface area contributed by atoms with E-state index in [0.717, 1.165) is 39.3 Å². The quantitative estimate of drug-likeness (QED) is 0.151. The molecule has 0 unspecified atom stereocenters. The normalized spacial score (nSPS) is 31.5. The Hall–Kier alpha value is -8.54. The fraction of sp³-hybridized carbons (Fsp3) is 0.460. The Morgan fingerprint density at radius 1 is 0.465 bits per heavy atom. The fourth-order valence-corrected chi connectivity index (χ4v) is 15.1. The second-order valence-electron chi connectivity index (χ2n) is 23.9. The van der Waals surface area contributed by atoms with Crippen molar-refractivity contribution in [2.75, 3.05) is 48.6 Å². The molecule has 0 radical (unpaired) electrons. The SMILES string of the molecule is COC(=O)c1ccc2c(c1)C[C@@]1(C(=O)CC(=O)NC1=O)[C@H]1[C@H](C)O[C@H](C)CN21.COC(=O)c1ccc2c(c1)N1C[C@@H](C)O[C@@H](C)[C@@H]1[C@@]1(C2)C(=O)CC(=O)NC1=O.C[C@@H]1CN2c3cc(-c4ccncc4)ccc3C[C@@]3(C(=O)CC(=O)NC3=O)[C@H]2[C@H](C)O1. The lowest BCUT2D eigenvalue weighted by Gasteiger charge is -2.55. The molecule has 23 heteroatoms. The number of morpholine rings is 3. The van der Waals surface area contributed by atoms with E-state index < -0.39 is 93.6 Å². The van der Waals surface area contributed by atoms with Gasteiger partial charge in [-0.15, -0.1) is 0 Å². The molecular weight excluding hydrogens is 1110 g/mol. The molecule has 3 aromatic carbocycles. The maximum absolute atomic E-state index is 13.2. The molecule has 13 rings (SSSR count). The lowest BCUT2D eigenvalue weighted by Crippen LogP contribution is -2.72. The first-order valence-corrected chi connectivity index (χ1v) is 28.8. The van der Waals surface area contributed by atoms with Crippen LogP contribution in [0, 0.1) is 16.2 Å². The maximum Gasteiger partial charge on any atom is 0.337 e. The molecule has 23 nitrogen and oxygen atoms in total. The van der Waals surface area contributed by atoms with Gasteiger partial charge in [-0.05, 0) is 137 Å². The number of nitrogens with one attached hydrogen (secondary N) is 3. The first-order chi connectivity index (χ1) is 40.9. The number of benzene rings is 3. The Labute approximate surface area is 495 Å². The molecule has 86 heavy (non-hydrogen) atoms. The Kier molecular flexibility index (Phi) is 15.4. The van der Waals surface area contributed by atoms with Crippen molar-refractivity contribution >= 4 is 81.8 Å². The van der Waals surface area contributed by atoms with Crippen LogP contribution in [0.25, 0.3) is 11.1 Å². The first kappa shape index (κ1) is 59.2. The van der Waals surface area contributed by atoms with Crippen molar-refractivity contribution in [3.8, 4) is 11.1 Å². The summed E-state index contributed by atoms with van der Waals surface area (Å²) in [6.07, 6.45) is 1.68. The van der Waals surface area contributed by atoms with Crippen molar-refractivity contribution in [2.24, 2.45) is 16.2 Å². The number of rotatable bonds is 3. The molecule has 6 fully saturated rings. The number of methoxy groups -OCH3 is 2. The van der Waals surface area contributed by atoms with E-state index in [0.29, 0.717) is 36.3 Å². The van der Waals surface area contributed by atoms with Crippen molar-refractivity contribution in [1.82, 2.24) is 20.9 Å². The molecule has 0 aliphatic carbocycles. The second kappa shape index (κ2) is 22.4. The minimum atomic E-state index is -1.44. The minimum Gasteiger partial charge on any atom is -0.465 e. The van der Waals surface area contributed by atoms with E-state index >= 15 is 0 Å². The summed E-state index contributed by atoms with van der Waals surface area (Å²) in [6, 6.07) is 18.8. The topological polar surface area (TPSA) is 293 Å². The third-order valence-corrected chi connectivity index (χ3v) is 18.4. The molecule has 10 heterocycles. The van der Waals surface area contributed by atoms with Crippen LogP contribution < -0.4 is 30.7 Å². The Morgan fingerprint density at radius 3 is 1.26 bits per heavy atom. The largest absolute Gasteiger partial charge is 0.465 e. The van der Waals surface area contributed by atoms with Gasteiger partial charge in [-0.3, -0.25) is 64.1 Å². The molecule has 1 aromatic heterocycles. The van der Waals surface area contributed by atoms with Gasteiger partial charge in [-0.2, -0.15) is 0 Å². The number of pyridine rings is 1. The smallest absolute Gasteiger partial charge is 0.337 e. The average molecular weight is 1180 g/mol. The predicted molar refractivity (Wildman–Crippen MR) is 305 cm³/mol. The minimum absolute atomic E-state index is 0.0489. The van der Waals surface area contributed by atoms with Crippen molar-refractivity contribution in [1.29, 1.82) is 0 Å². The predicted octanol–water partition coefficient (Wildman–Crippen LogP) is 3.12. The number of amides is 6. The van der Waals surface area contributed by atoms with Crippen LogP contribution in [0.15, 0.2) is 79.1 Å². The van der Waals surface area contributed by atoms with E-state index in [9.17, 15) is 52.7 Å². The van der Waals surface area contributed by atoms with Gasteiger partial charge in [0.05, 0.1) is 99.4 Å². The van der Waals surface area contributed by atoms with E-state index in [1.54, 1.807) is 42.7 Å². The van der Waals surface area contributed by atoms with E-state index in [1.807, 2.05) is 81.7 Å². The van der Waals surface area contributed by atoms with Crippen LogP contribution >= 0.6 is 0 Å². The summed E-state index contributed by atoms with van der Waals surface area (Å²) in [5.74, 6) is -5.41. The number of fused-ring (bicyclic) bond motifs is 12. The maximum atomic E-state index is 13.2. The summed E-state index contributed by atoms with van der Waals surface area (Å²) in [6.45, 7) is 13.0. The lowest BCUT2D eigenvalue weighted by molar-refractivity contribution is -0.159. The number of carbonyl (C=O) groups is 11. The number of ketones is 3. The number of esters is 2. The van der Waals surface area contributed by atoms with Gasteiger partial charge in [0.25, 0.3) is 0 Å². The van der Waals surface area contributed by atoms with Crippen LogP contribution in [0.5, 0.6) is 0 Å². The molecule has 3 spiro atoms. The van der Waals surface area contributed by atoms with Crippen LogP contribution in [0.3, 0.4) is 0 Å². The molecule has 6 saturated heterocycles. The highest BCUT2D eigenvalue weighted by Crippen LogP contribution is 2.51. The Balaban J connectivity index is 0.000000134. The van der Waals surface area contributed by atoms with E-state index in [4.69, 9.17) is 23.7 Å². The van der Waals surface area contributed by atoms with Gasteiger partial charge in [0.1, 0.15) is 16.2 Å². The van der Waals surface area contributed by atoms with Crippen LogP contribution in [0.1, 0.15) is 98.2 Å². The van der Waals surface area contributed by atoms with Gasteiger partial charge >= 0.3 is 11.9 Å². The van der Waals surface area contributed by atoms with Crippen LogP contribution in [-0.2, 0) is 86.1 Å². The number of anilines is 3. The average Bonchev–Trinajstić information content (AvgIpc) is 0.811. The fourth-order valence-electron chi connectivity index (χ4n) is 15.1. The number of piperidine rings is 3. The third-order valence-electron chi connectivity index (χ3n) is 18.4. The molecule has 6 amide bonds. The molecular formula is C63H67N7O16. The van der Waals surface area contributed by atoms with E-state index in [1.165, 1.54) is 14.2 Å². The highest BCUT2D eigenvalue weighted by atomic mass is 16.5. The van der Waals surface area contributed by atoms with Gasteiger partial charge in [-0.25, -0.2) is 9.59 Å². The summed E-state index contributed by atoms with van der Waals surface area (Å²) in [5, 5.41) is 7.11. The molecule has 0 bridgehead atoms. The number of imide groups is 3. The summed E-state index contributed by atoms with van der Waals surface area (Å²) in [4.78, 5) is 148. The van der Waals surface area contributed by atoms with Gasteiger partial charge < -0.3 is 38.4 Å². The molecule has 3 N–H and O–H groups in total. The first-order valence-electron chi connectivity index (χ1n) is 28.8. The van der Waals surface area contributed by atoms with Crippen LogP contribution in [-0.4, -0.2) is 158 Å². The van der Waals surface area contributed by atoms with Crippen LogP contribution in [0.2, 0.25) is 0 Å². The molecule has 4 aromatic rings.